The molecule has 0 bridgehead atoms. The molecule has 1 saturated heterocycles. The molecule has 3 aromatic rings. The molecule has 7 heteroatoms. The van der Waals surface area contributed by atoms with Gasteiger partial charge in [0.15, 0.2) is 0 Å². The van der Waals surface area contributed by atoms with Gasteiger partial charge in [0.25, 0.3) is 0 Å². The molecule has 7 nitrogen and oxygen atoms in total. The van der Waals surface area contributed by atoms with Crippen molar-refractivity contribution in [3.05, 3.63) is 48.7 Å². The number of methoxy groups -OCH3 is 1. The summed E-state index contributed by atoms with van der Waals surface area (Å²) in [6.45, 7) is 2.61. The van der Waals surface area contributed by atoms with E-state index in [1.807, 2.05) is 41.2 Å². The Hall–Kier alpha value is -2.77. The number of ether oxygens (including phenoxy) is 3. The minimum atomic E-state index is 0.0532. The second-order valence-electron chi connectivity index (χ2n) is 6.03. The van der Waals surface area contributed by atoms with Crippen LogP contribution in [0.1, 0.15) is 0 Å². The number of rotatable bonds is 5. The first-order valence-electron chi connectivity index (χ1n) is 8.53. The highest BCUT2D eigenvalue weighted by Gasteiger charge is 2.15. The summed E-state index contributed by atoms with van der Waals surface area (Å²) in [6.07, 6.45) is 2.02. The third-order valence-corrected chi connectivity index (χ3v) is 4.22. The van der Waals surface area contributed by atoms with Gasteiger partial charge in [0, 0.05) is 23.4 Å². The molecule has 0 radical (unpaired) electrons. The van der Waals surface area contributed by atoms with Crippen LogP contribution in [0.4, 0.5) is 0 Å². The maximum Gasteiger partial charge on any atom is 0.233 e. The first-order chi connectivity index (χ1) is 12.8. The highest BCUT2D eigenvalue weighted by atomic mass is 16.6. The number of nitrogens with zero attached hydrogens (tertiary/aromatic N) is 4. The van der Waals surface area contributed by atoms with Crippen LogP contribution in [-0.2, 0) is 16.0 Å². The van der Waals surface area contributed by atoms with E-state index in [0.29, 0.717) is 32.2 Å². The Kier molecular flexibility index (Phi) is 4.90. The summed E-state index contributed by atoms with van der Waals surface area (Å²) in [4.78, 5) is 0. The van der Waals surface area contributed by atoms with Crippen LogP contribution in [0.25, 0.3) is 22.5 Å². The van der Waals surface area contributed by atoms with Gasteiger partial charge in [-0.05, 0) is 18.2 Å². The first kappa shape index (κ1) is 16.7. The third-order valence-electron chi connectivity index (χ3n) is 4.22. The summed E-state index contributed by atoms with van der Waals surface area (Å²) < 4.78 is 18.1. The van der Waals surface area contributed by atoms with Crippen molar-refractivity contribution in [1.29, 1.82) is 0 Å². The van der Waals surface area contributed by atoms with Crippen molar-refractivity contribution in [2.75, 3.05) is 26.9 Å². The van der Waals surface area contributed by atoms with Gasteiger partial charge in [-0.1, -0.05) is 18.2 Å². The van der Waals surface area contributed by atoms with E-state index in [1.165, 1.54) is 0 Å². The summed E-state index contributed by atoms with van der Waals surface area (Å²) in [5.74, 6) is 0.498. The molecule has 0 unspecified atom stereocenters. The lowest BCUT2D eigenvalue weighted by atomic mass is 10.1. The molecule has 3 heterocycles. The van der Waals surface area contributed by atoms with Crippen LogP contribution in [0.3, 0.4) is 0 Å². The molecule has 26 heavy (non-hydrogen) atoms. The molecule has 0 spiro atoms. The van der Waals surface area contributed by atoms with Crippen LogP contribution < -0.4 is 4.74 Å². The van der Waals surface area contributed by atoms with E-state index in [9.17, 15) is 0 Å². The second-order valence-corrected chi connectivity index (χ2v) is 6.03. The van der Waals surface area contributed by atoms with Gasteiger partial charge in [0.1, 0.15) is 6.10 Å². The monoisotopic (exact) mass is 352 g/mol. The van der Waals surface area contributed by atoms with Crippen LogP contribution in [0.2, 0.25) is 0 Å². The average molecular weight is 352 g/mol. The summed E-state index contributed by atoms with van der Waals surface area (Å²) in [6, 6.07) is 13.8. The molecule has 134 valence electrons. The van der Waals surface area contributed by atoms with Gasteiger partial charge in [-0.25, -0.2) is 0 Å². The molecule has 0 saturated carbocycles. The Morgan fingerprint density at radius 2 is 1.96 bits per heavy atom. The molecule has 2 aromatic heterocycles. The molecule has 0 amide bonds. The summed E-state index contributed by atoms with van der Waals surface area (Å²) >= 11 is 0. The van der Waals surface area contributed by atoms with Crippen molar-refractivity contribution in [3.8, 4) is 28.4 Å². The van der Waals surface area contributed by atoms with Crippen LogP contribution in [-0.4, -0.2) is 53.0 Å². The Morgan fingerprint density at radius 1 is 1.08 bits per heavy atom. The minimum Gasteiger partial charge on any atom is -0.480 e. The number of aromatic nitrogens is 4. The van der Waals surface area contributed by atoms with E-state index in [2.05, 4.69) is 21.4 Å². The fraction of sp³-hybridized carbons (Fsp3) is 0.316. The van der Waals surface area contributed by atoms with Gasteiger partial charge in [0.2, 0.25) is 5.88 Å². The lowest BCUT2D eigenvalue weighted by Crippen LogP contribution is -2.32. The Morgan fingerprint density at radius 3 is 2.69 bits per heavy atom. The van der Waals surface area contributed by atoms with E-state index in [1.54, 1.807) is 13.2 Å². The van der Waals surface area contributed by atoms with Crippen LogP contribution in [0, 0.1) is 0 Å². The van der Waals surface area contributed by atoms with Crippen molar-refractivity contribution < 1.29 is 14.2 Å². The van der Waals surface area contributed by atoms with Crippen molar-refractivity contribution in [1.82, 2.24) is 20.0 Å². The molecule has 1 aliphatic heterocycles. The maximum absolute atomic E-state index is 5.68. The summed E-state index contributed by atoms with van der Waals surface area (Å²) in [5, 5.41) is 12.9. The normalized spacial score (nSPS) is 17.2. The first-order valence-corrected chi connectivity index (χ1v) is 8.53. The zero-order valence-corrected chi connectivity index (χ0v) is 14.5. The molecule has 0 N–H and O–H groups in total. The number of hydrogen-bond acceptors (Lipinski definition) is 6. The maximum atomic E-state index is 5.68. The molecule has 1 fully saturated rings. The van der Waals surface area contributed by atoms with E-state index in [-0.39, 0.29) is 6.10 Å². The molecule has 1 aliphatic rings. The average Bonchev–Trinajstić information content (AvgIpc) is 3.17. The Bertz CT molecular complexity index is 857. The third kappa shape index (κ3) is 3.74. The summed E-state index contributed by atoms with van der Waals surface area (Å²) in [5.41, 5.74) is 3.71. The van der Waals surface area contributed by atoms with Crippen LogP contribution in [0.15, 0.2) is 48.7 Å². The quantitative estimate of drug-likeness (QED) is 0.702. The zero-order chi connectivity index (χ0) is 17.8. The fourth-order valence-electron chi connectivity index (χ4n) is 2.89. The predicted molar refractivity (Wildman–Crippen MR) is 95.8 cm³/mol. The van der Waals surface area contributed by atoms with Gasteiger partial charge in [-0.3, -0.25) is 4.68 Å². The summed E-state index contributed by atoms with van der Waals surface area (Å²) in [7, 11) is 1.57. The molecular weight excluding hydrogens is 332 g/mol. The van der Waals surface area contributed by atoms with E-state index < -0.39 is 0 Å². The number of hydrogen-bond donors (Lipinski definition) is 0. The van der Waals surface area contributed by atoms with Gasteiger partial charge in [0.05, 0.1) is 44.9 Å². The molecule has 0 aliphatic carbocycles. The van der Waals surface area contributed by atoms with Crippen molar-refractivity contribution in [2.45, 2.75) is 12.6 Å². The van der Waals surface area contributed by atoms with Crippen LogP contribution >= 0.6 is 0 Å². The van der Waals surface area contributed by atoms with E-state index >= 15 is 0 Å². The predicted octanol–water partition coefficient (Wildman–Crippen LogP) is 2.43. The lowest BCUT2D eigenvalue weighted by molar-refractivity contribution is -0.0946. The number of benzene rings is 1. The van der Waals surface area contributed by atoms with Crippen molar-refractivity contribution >= 4 is 0 Å². The zero-order valence-electron chi connectivity index (χ0n) is 14.5. The standard InChI is InChI=1S/C19H20N4O3/c1-24-19-6-5-17(20-21-19)14-3-2-4-15(11-14)18-7-8-23(22-18)12-16-13-25-9-10-26-16/h2-8,11,16H,9-10,12-13H2,1H3/t16-/m1/s1. The van der Waals surface area contributed by atoms with Crippen molar-refractivity contribution in [2.24, 2.45) is 0 Å². The highest BCUT2D eigenvalue weighted by molar-refractivity contribution is 5.69. The van der Waals surface area contributed by atoms with E-state index in [0.717, 1.165) is 22.5 Å². The SMILES string of the molecule is COc1ccc(-c2cccc(-c3ccn(C[C@@H]4COCCO4)n3)c2)nn1. The Balaban J connectivity index is 1.52. The smallest absolute Gasteiger partial charge is 0.233 e. The second kappa shape index (κ2) is 7.63. The van der Waals surface area contributed by atoms with Crippen LogP contribution in [0.5, 0.6) is 5.88 Å². The highest BCUT2D eigenvalue weighted by Crippen LogP contribution is 2.24. The minimum absolute atomic E-state index is 0.0532. The topological polar surface area (TPSA) is 71.3 Å². The van der Waals surface area contributed by atoms with Gasteiger partial charge in [-0.2, -0.15) is 5.10 Å². The lowest BCUT2D eigenvalue weighted by Gasteiger charge is -2.22. The molecule has 1 atom stereocenters. The Labute approximate surface area is 151 Å². The molecule has 4 rings (SSSR count). The molecular formula is C19H20N4O3. The fourth-order valence-corrected chi connectivity index (χ4v) is 2.89. The van der Waals surface area contributed by atoms with Gasteiger partial charge in [-0.15, -0.1) is 10.2 Å². The van der Waals surface area contributed by atoms with Crippen molar-refractivity contribution in [3.63, 3.8) is 0 Å². The van der Waals surface area contributed by atoms with Gasteiger partial charge >= 0.3 is 0 Å². The van der Waals surface area contributed by atoms with Gasteiger partial charge < -0.3 is 14.2 Å². The van der Waals surface area contributed by atoms with E-state index in [4.69, 9.17) is 14.2 Å². The molecule has 1 aromatic carbocycles. The largest absolute Gasteiger partial charge is 0.480 e.